The lowest BCUT2D eigenvalue weighted by molar-refractivity contribution is 0.102. The van der Waals surface area contributed by atoms with Crippen LogP contribution in [0.5, 0.6) is 5.75 Å². The number of nitrogens with zero attached hydrogens (tertiary/aromatic N) is 3. The van der Waals surface area contributed by atoms with E-state index in [0.717, 1.165) is 11.3 Å². The van der Waals surface area contributed by atoms with E-state index in [1.807, 2.05) is 12.1 Å². The van der Waals surface area contributed by atoms with Crippen molar-refractivity contribution in [2.75, 3.05) is 17.7 Å². The fourth-order valence-corrected chi connectivity index (χ4v) is 2.34. The lowest BCUT2D eigenvalue weighted by Crippen LogP contribution is -2.15. The van der Waals surface area contributed by atoms with E-state index in [4.69, 9.17) is 4.74 Å². The van der Waals surface area contributed by atoms with Gasteiger partial charge in [-0.3, -0.25) is 9.78 Å². The molecule has 132 valence electrons. The third-order valence-electron chi connectivity index (χ3n) is 3.61. The average molecular weight is 349 g/mol. The topological polar surface area (TPSA) is 89.0 Å². The predicted octanol–water partition coefficient (Wildman–Crippen LogP) is 3.05. The van der Waals surface area contributed by atoms with Crippen molar-refractivity contribution in [3.8, 4) is 5.75 Å². The van der Waals surface area contributed by atoms with E-state index in [-0.39, 0.29) is 5.91 Å². The molecule has 0 unspecified atom stereocenters. The second kappa shape index (κ2) is 8.06. The van der Waals surface area contributed by atoms with Gasteiger partial charge in [0.15, 0.2) is 0 Å². The Morgan fingerprint density at radius 1 is 1.15 bits per heavy atom. The second-order valence-electron chi connectivity index (χ2n) is 5.58. The fraction of sp³-hybridized carbons (Fsp3) is 0.158. The van der Waals surface area contributed by atoms with Crippen molar-refractivity contribution >= 4 is 17.4 Å². The van der Waals surface area contributed by atoms with E-state index in [0.29, 0.717) is 29.6 Å². The first-order chi connectivity index (χ1) is 12.6. The molecule has 0 saturated heterocycles. The Hall–Kier alpha value is -3.48. The van der Waals surface area contributed by atoms with Gasteiger partial charge >= 0.3 is 0 Å². The van der Waals surface area contributed by atoms with Gasteiger partial charge in [0.1, 0.15) is 23.1 Å². The van der Waals surface area contributed by atoms with Crippen LogP contribution in [0, 0.1) is 6.92 Å². The van der Waals surface area contributed by atoms with Crippen LogP contribution in [0.15, 0.2) is 54.9 Å². The highest BCUT2D eigenvalue weighted by Crippen LogP contribution is 2.16. The number of ether oxygens (including phenoxy) is 1. The minimum Gasteiger partial charge on any atom is -0.497 e. The number of rotatable bonds is 6. The molecular weight excluding hydrogens is 330 g/mol. The van der Waals surface area contributed by atoms with Crippen molar-refractivity contribution in [2.45, 2.75) is 13.5 Å². The number of hydrogen-bond acceptors (Lipinski definition) is 6. The highest BCUT2D eigenvalue weighted by molar-refractivity contribution is 6.03. The number of benzene rings is 1. The molecule has 2 aromatic heterocycles. The molecule has 0 radical (unpaired) electrons. The van der Waals surface area contributed by atoms with Gasteiger partial charge in [0, 0.05) is 30.7 Å². The predicted molar refractivity (Wildman–Crippen MR) is 99.3 cm³/mol. The van der Waals surface area contributed by atoms with Gasteiger partial charge in [-0.2, -0.15) is 0 Å². The number of anilines is 2. The summed E-state index contributed by atoms with van der Waals surface area (Å²) in [6.45, 7) is 2.31. The van der Waals surface area contributed by atoms with Crippen molar-refractivity contribution in [3.05, 3.63) is 71.9 Å². The lowest BCUT2D eigenvalue weighted by atomic mass is 10.2. The maximum atomic E-state index is 12.5. The smallest absolute Gasteiger partial charge is 0.274 e. The summed E-state index contributed by atoms with van der Waals surface area (Å²) >= 11 is 0. The molecule has 0 bridgehead atoms. The van der Waals surface area contributed by atoms with Crippen LogP contribution in [0.1, 0.15) is 21.9 Å². The van der Waals surface area contributed by atoms with Crippen LogP contribution < -0.4 is 15.4 Å². The van der Waals surface area contributed by atoms with Crippen LogP contribution in [0.2, 0.25) is 0 Å². The van der Waals surface area contributed by atoms with Gasteiger partial charge in [-0.15, -0.1) is 0 Å². The molecule has 2 N–H and O–H groups in total. The number of hydrogen-bond donors (Lipinski definition) is 2. The number of pyridine rings is 1. The Morgan fingerprint density at radius 2 is 1.96 bits per heavy atom. The van der Waals surface area contributed by atoms with E-state index in [1.165, 1.54) is 0 Å². The summed E-state index contributed by atoms with van der Waals surface area (Å²) in [5.41, 5.74) is 1.98. The Morgan fingerprint density at radius 3 is 2.65 bits per heavy atom. The third kappa shape index (κ3) is 4.54. The quantitative estimate of drug-likeness (QED) is 0.711. The van der Waals surface area contributed by atoms with Crippen LogP contribution in [-0.4, -0.2) is 28.0 Å². The molecule has 3 aromatic rings. The van der Waals surface area contributed by atoms with Crippen molar-refractivity contribution in [3.63, 3.8) is 0 Å². The molecule has 3 rings (SSSR count). The van der Waals surface area contributed by atoms with Gasteiger partial charge in [0.25, 0.3) is 5.91 Å². The molecule has 0 atom stereocenters. The number of carbonyl (C=O) groups is 1. The standard InChI is InChI=1S/C19H19N5O2/c1-13-22-17(19(25)24-15-5-7-16(26-2)8-6-15)10-18(23-13)21-12-14-4-3-9-20-11-14/h3-11H,12H2,1-2H3,(H,24,25)(H,21,22,23). The molecule has 0 aliphatic heterocycles. The van der Waals surface area contributed by atoms with E-state index < -0.39 is 0 Å². The number of methoxy groups -OCH3 is 1. The van der Waals surface area contributed by atoms with Gasteiger partial charge in [-0.05, 0) is 42.8 Å². The van der Waals surface area contributed by atoms with E-state index >= 15 is 0 Å². The maximum absolute atomic E-state index is 12.5. The summed E-state index contributed by atoms with van der Waals surface area (Å²) in [5, 5.41) is 6.00. The first-order valence-corrected chi connectivity index (χ1v) is 8.08. The summed E-state index contributed by atoms with van der Waals surface area (Å²) < 4.78 is 5.11. The Bertz CT molecular complexity index is 882. The molecule has 1 amide bonds. The summed E-state index contributed by atoms with van der Waals surface area (Å²) in [6, 6.07) is 12.6. The number of nitrogens with one attached hydrogen (secondary N) is 2. The Labute approximate surface area is 151 Å². The number of amides is 1. The fourth-order valence-electron chi connectivity index (χ4n) is 2.34. The van der Waals surface area contributed by atoms with E-state index in [9.17, 15) is 4.79 Å². The maximum Gasteiger partial charge on any atom is 0.274 e. The molecule has 0 fully saturated rings. The Kier molecular flexibility index (Phi) is 5.38. The third-order valence-corrected chi connectivity index (χ3v) is 3.61. The summed E-state index contributed by atoms with van der Waals surface area (Å²) in [6.07, 6.45) is 3.50. The van der Waals surface area contributed by atoms with Crippen LogP contribution >= 0.6 is 0 Å². The highest BCUT2D eigenvalue weighted by Gasteiger charge is 2.11. The zero-order valence-corrected chi connectivity index (χ0v) is 14.6. The van der Waals surface area contributed by atoms with Gasteiger partial charge < -0.3 is 15.4 Å². The molecule has 7 nitrogen and oxygen atoms in total. The van der Waals surface area contributed by atoms with Gasteiger partial charge in [-0.1, -0.05) is 6.07 Å². The zero-order chi connectivity index (χ0) is 18.4. The van der Waals surface area contributed by atoms with Gasteiger partial charge in [0.05, 0.1) is 7.11 Å². The molecule has 7 heteroatoms. The molecule has 0 aliphatic rings. The van der Waals surface area contributed by atoms with Crippen molar-refractivity contribution < 1.29 is 9.53 Å². The molecule has 26 heavy (non-hydrogen) atoms. The van der Waals surface area contributed by atoms with Crippen molar-refractivity contribution in [1.29, 1.82) is 0 Å². The monoisotopic (exact) mass is 349 g/mol. The highest BCUT2D eigenvalue weighted by atomic mass is 16.5. The van der Waals surface area contributed by atoms with Crippen LogP contribution in [0.3, 0.4) is 0 Å². The summed E-state index contributed by atoms with van der Waals surface area (Å²) in [5.74, 6) is 1.52. The normalized spacial score (nSPS) is 10.2. The molecule has 0 saturated carbocycles. The molecule has 0 spiro atoms. The minimum absolute atomic E-state index is 0.294. The van der Waals surface area contributed by atoms with Crippen LogP contribution in [-0.2, 0) is 6.54 Å². The number of carbonyl (C=O) groups excluding carboxylic acids is 1. The molecule has 1 aromatic carbocycles. The van der Waals surface area contributed by atoms with E-state index in [1.54, 1.807) is 56.8 Å². The average Bonchev–Trinajstić information content (AvgIpc) is 2.67. The molecular formula is C19H19N5O2. The lowest BCUT2D eigenvalue weighted by Gasteiger charge is -2.09. The van der Waals surface area contributed by atoms with E-state index in [2.05, 4.69) is 25.6 Å². The molecule has 2 heterocycles. The number of aryl methyl sites for hydroxylation is 1. The van der Waals surface area contributed by atoms with Crippen LogP contribution in [0.25, 0.3) is 0 Å². The summed E-state index contributed by atoms with van der Waals surface area (Å²) in [4.78, 5) is 25.1. The first-order valence-electron chi connectivity index (χ1n) is 8.08. The second-order valence-corrected chi connectivity index (χ2v) is 5.58. The first kappa shape index (κ1) is 17.3. The molecule has 0 aliphatic carbocycles. The van der Waals surface area contributed by atoms with Gasteiger partial charge in [0.2, 0.25) is 0 Å². The minimum atomic E-state index is -0.301. The summed E-state index contributed by atoms with van der Waals surface area (Å²) in [7, 11) is 1.59. The van der Waals surface area contributed by atoms with Gasteiger partial charge in [-0.25, -0.2) is 9.97 Å². The largest absolute Gasteiger partial charge is 0.497 e. The van der Waals surface area contributed by atoms with Crippen molar-refractivity contribution in [2.24, 2.45) is 0 Å². The number of aromatic nitrogens is 3. The Balaban J connectivity index is 1.70. The van der Waals surface area contributed by atoms with Crippen molar-refractivity contribution in [1.82, 2.24) is 15.0 Å². The van der Waals surface area contributed by atoms with Crippen LogP contribution in [0.4, 0.5) is 11.5 Å². The SMILES string of the molecule is COc1ccc(NC(=O)c2cc(NCc3cccnc3)nc(C)n2)cc1. The zero-order valence-electron chi connectivity index (χ0n) is 14.6.